The summed E-state index contributed by atoms with van der Waals surface area (Å²) in [4.78, 5) is 18.2. The third kappa shape index (κ3) is 2.58. The monoisotopic (exact) mass is 275 g/mol. The van der Waals surface area contributed by atoms with Crippen molar-refractivity contribution < 1.29 is 9.21 Å². The smallest absolute Gasteiger partial charge is 0.322 e. The van der Waals surface area contributed by atoms with Gasteiger partial charge in [-0.2, -0.15) is 0 Å². The Bertz CT molecular complexity index is 571. The third-order valence-corrected chi connectivity index (χ3v) is 3.81. The Morgan fingerprint density at radius 2 is 2.42 bits per heavy atom. The van der Waals surface area contributed by atoms with Crippen molar-refractivity contribution in [2.75, 3.05) is 17.2 Å². The number of rotatable bonds is 2. The zero-order chi connectivity index (χ0) is 13.1. The van der Waals surface area contributed by atoms with Crippen molar-refractivity contribution >= 4 is 23.5 Å². The second kappa shape index (κ2) is 5.36. The van der Waals surface area contributed by atoms with Crippen LogP contribution in [0.15, 0.2) is 46.2 Å². The molecule has 1 aliphatic rings. The number of hydrogen-bond acceptors (Lipinski definition) is 4. The lowest BCUT2D eigenvalue weighted by molar-refractivity contribution is 0.245. The fourth-order valence-corrected chi connectivity index (χ4v) is 2.86. The maximum absolute atomic E-state index is 12.2. The standard InChI is InChI=1S/C13H13N3O2S/c17-13(15-9-10-3-2-7-18-10)16-6-8-19-12-11(16)4-1-5-14-12/h1-5,7H,6,8-9H2,(H,15,17). The minimum Gasteiger partial charge on any atom is -0.467 e. The molecular formula is C13H13N3O2S. The number of amides is 2. The lowest BCUT2D eigenvalue weighted by Gasteiger charge is -2.28. The molecule has 6 heteroatoms. The molecule has 98 valence electrons. The van der Waals surface area contributed by atoms with E-state index < -0.39 is 0 Å². The molecule has 3 rings (SSSR count). The average Bonchev–Trinajstić information content (AvgIpc) is 2.97. The van der Waals surface area contributed by atoms with Crippen LogP contribution < -0.4 is 10.2 Å². The predicted molar refractivity (Wildman–Crippen MR) is 73.3 cm³/mol. The molecular weight excluding hydrogens is 262 g/mol. The molecule has 19 heavy (non-hydrogen) atoms. The molecule has 0 fully saturated rings. The summed E-state index contributed by atoms with van der Waals surface area (Å²) in [5.74, 6) is 1.60. The van der Waals surface area contributed by atoms with E-state index >= 15 is 0 Å². The number of carbonyl (C=O) groups excluding carboxylic acids is 1. The predicted octanol–water partition coefficient (Wildman–Crippen LogP) is 2.50. The largest absolute Gasteiger partial charge is 0.467 e. The normalized spacial score (nSPS) is 14.0. The van der Waals surface area contributed by atoms with Gasteiger partial charge in [-0.25, -0.2) is 9.78 Å². The van der Waals surface area contributed by atoms with E-state index in [1.807, 2.05) is 18.2 Å². The van der Waals surface area contributed by atoms with Gasteiger partial charge in [0, 0.05) is 18.5 Å². The van der Waals surface area contributed by atoms with Gasteiger partial charge in [-0.3, -0.25) is 4.90 Å². The summed E-state index contributed by atoms with van der Waals surface area (Å²) in [6.07, 6.45) is 3.34. The number of pyridine rings is 1. The number of furan rings is 1. The molecule has 0 saturated carbocycles. The molecule has 0 aromatic carbocycles. The molecule has 3 heterocycles. The minimum atomic E-state index is -0.119. The number of nitrogens with one attached hydrogen (secondary N) is 1. The highest BCUT2D eigenvalue weighted by Gasteiger charge is 2.23. The van der Waals surface area contributed by atoms with Crippen LogP contribution >= 0.6 is 11.8 Å². The van der Waals surface area contributed by atoms with Crippen LogP contribution in [0.2, 0.25) is 0 Å². The molecule has 2 amide bonds. The quantitative estimate of drug-likeness (QED) is 0.915. The molecule has 0 aliphatic carbocycles. The van der Waals surface area contributed by atoms with E-state index in [-0.39, 0.29) is 6.03 Å². The highest BCUT2D eigenvalue weighted by atomic mass is 32.2. The maximum Gasteiger partial charge on any atom is 0.322 e. The zero-order valence-corrected chi connectivity index (χ0v) is 11.0. The molecule has 1 aliphatic heterocycles. The molecule has 0 unspecified atom stereocenters. The van der Waals surface area contributed by atoms with Gasteiger partial charge in [0.25, 0.3) is 0 Å². The molecule has 0 radical (unpaired) electrons. The van der Waals surface area contributed by atoms with Crippen molar-refractivity contribution in [2.24, 2.45) is 0 Å². The van der Waals surface area contributed by atoms with Crippen LogP contribution in [0.3, 0.4) is 0 Å². The lowest BCUT2D eigenvalue weighted by Crippen LogP contribution is -2.42. The number of fused-ring (bicyclic) bond motifs is 1. The highest BCUT2D eigenvalue weighted by molar-refractivity contribution is 7.99. The number of thioether (sulfide) groups is 1. The number of anilines is 1. The summed E-state index contributed by atoms with van der Waals surface area (Å²) < 4.78 is 5.19. The highest BCUT2D eigenvalue weighted by Crippen LogP contribution is 2.32. The fourth-order valence-electron chi connectivity index (χ4n) is 1.94. The number of hydrogen-bond donors (Lipinski definition) is 1. The van der Waals surface area contributed by atoms with Crippen molar-refractivity contribution in [2.45, 2.75) is 11.6 Å². The molecule has 5 nitrogen and oxygen atoms in total. The van der Waals surface area contributed by atoms with E-state index in [0.29, 0.717) is 13.1 Å². The Labute approximate surface area is 115 Å². The van der Waals surface area contributed by atoms with Crippen molar-refractivity contribution in [3.8, 4) is 0 Å². The zero-order valence-electron chi connectivity index (χ0n) is 10.2. The summed E-state index contributed by atoms with van der Waals surface area (Å²) in [5.41, 5.74) is 0.871. The first-order chi connectivity index (χ1) is 9.34. The van der Waals surface area contributed by atoms with E-state index in [4.69, 9.17) is 4.42 Å². The second-order valence-electron chi connectivity index (χ2n) is 4.07. The van der Waals surface area contributed by atoms with Crippen LogP contribution in [0.4, 0.5) is 10.5 Å². The van der Waals surface area contributed by atoms with Gasteiger partial charge < -0.3 is 9.73 Å². The van der Waals surface area contributed by atoms with Gasteiger partial charge in [0.05, 0.1) is 18.5 Å². The number of aromatic nitrogens is 1. The average molecular weight is 275 g/mol. The first-order valence-corrected chi connectivity index (χ1v) is 6.99. The Balaban J connectivity index is 1.71. The van der Waals surface area contributed by atoms with Gasteiger partial charge in [-0.15, -0.1) is 11.8 Å². The van der Waals surface area contributed by atoms with Crippen LogP contribution in [0, 0.1) is 0 Å². The summed E-state index contributed by atoms with van der Waals surface area (Å²) in [6.45, 7) is 1.08. The first-order valence-electron chi connectivity index (χ1n) is 6.00. The molecule has 2 aromatic heterocycles. The van der Waals surface area contributed by atoms with Crippen LogP contribution in [0.1, 0.15) is 5.76 Å². The summed E-state index contributed by atoms with van der Waals surface area (Å²) in [7, 11) is 0. The maximum atomic E-state index is 12.2. The van der Waals surface area contributed by atoms with Crippen molar-refractivity contribution in [3.63, 3.8) is 0 Å². The molecule has 1 N–H and O–H groups in total. The van der Waals surface area contributed by atoms with Gasteiger partial charge in [-0.1, -0.05) is 0 Å². The van der Waals surface area contributed by atoms with Crippen LogP contribution in [0.25, 0.3) is 0 Å². The lowest BCUT2D eigenvalue weighted by atomic mass is 10.3. The molecule has 0 saturated heterocycles. The number of nitrogens with zero attached hydrogens (tertiary/aromatic N) is 2. The van der Waals surface area contributed by atoms with Crippen LogP contribution in [-0.2, 0) is 6.54 Å². The van der Waals surface area contributed by atoms with Gasteiger partial charge in [-0.05, 0) is 24.3 Å². The van der Waals surface area contributed by atoms with E-state index in [2.05, 4.69) is 10.3 Å². The molecule has 0 spiro atoms. The van der Waals surface area contributed by atoms with Crippen molar-refractivity contribution in [1.82, 2.24) is 10.3 Å². The van der Waals surface area contributed by atoms with E-state index in [1.54, 1.807) is 35.2 Å². The van der Waals surface area contributed by atoms with E-state index in [1.165, 1.54) is 0 Å². The van der Waals surface area contributed by atoms with Crippen LogP contribution in [0.5, 0.6) is 0 Å². The minimum absolute atomic E-state index is 0.119. The Kier molecular flexibility index (Phi) is 3.41. The number of carbonyl (C=O) groups is 1. The second-order valence-corrected chi connectivity index (χ2v) is 5.15. The molecule has 0 bridgehead atoms. The van der Waals surface area contributed by atoms with Gasteiger partial charge in [0.2, 0.25) is 0 Å². The SMILES string of the molecule is O=C(NCc1ccco1)N1CCSc2ncccc21. The van der Waals surface area contributed by atoms with Gasteiger partial charge in [0.1, 0.15) is 10.8 Å². The van der Waals surface area contributed by atoms with E-state index in [0.717, 1.165) is 22.2 Å². The van der Waals surface area contributed by atoms with Gasteiger partial charge >= 0.3 is 6.03 Å². The van der Waals surface area contributed by atoms with Crippen molar-refractivity contribution in [1.29, 1.82) is 0 Å². The number of urea groups is 1. The topological polar surface area (TPSA) is 58.4 Å². The Morgan fingerprint density at radius 1 is 1.47 bits per heavy atom. The third-order valence-electron chi connectivity index (χ3n) is 2.83. The van der Waals surface area contributed by atoms with Crippen LogP contribution in [-0.4, -0.2) is 23.3 Å². The van der Waals surface area contributed by atoms with Gasteiger partial charge in [0.15, 0.2) is 0 Å². The fraction of sp³-hybridized carbons (Fsp3) is 0.231. The Morgan fingerprint density at radius 3 is 3.26 bits per heavy atom. The first kappa shape index (κ1) is 12.1. The Hall–Kier alpha value is -1.95. The summed E-state index contributed by atoms with van der Waals surface area (Å²) in [5, 5.41) is 3.76. The summed E-state index contributed by atoms with van der Waals surface area (Å²) >= 11 is 1.67. The molecule has 0 atom stereocenters. The van der Waals surface area contributed by atoms with Crippen molar-refractivity contribution in [3.05, 3.63) is 42.5 Å². The molecule has 2 aromatic rings. The van der Waals surface area contributed by atoms with E-state index in [9.17, 15) is 4.79 Å². The summed E-state index contributed by atoms with van der Waals surface area (Å²) in [6, 6.07) is 7.28.